The van der Waals surface area contributed by atoms with E-state index in [9.17, 15) is 4.79 Å². The average molecular weight is 255 g/mol. The molecule has 3 aromatic rings. The topological polar surface area (TPSA) is 89.6 Å². The van der Waals surface area contributed by atoms with Gasteiger partial charge in [-0.3, -0.25) is 4.79 Å². The molecule has 0 spiro atoms. The first-order chi connectivity index (χ1) is 9.19. The smallest absolute Gasteiger partial charge is 0.264 e. The molecule has 0 aliphatic carbocycles. The van der Waals surface area contributed by atoms with E-state index in [2.05, 4.69) is 15.2 Å². The van der Waals surface area contributed by atoms with Crippen molar-refractivity contribution in [3.8, 4) is 11.5 Å². The average Bonchev–Trinajstić information content (AvgIpc) is 2.76. The SMILES string of the molecule is Cn1c(-c2ccc(=O)[nH]n2)nc2ccc(CN)cc21. The van der Waals surface area contributed by atoms with Crippen molar-refractivity contribution in [1.29, 1.82) is 0 Å². The van der Waals surface area contributed by atoms with Gasteiger partial charge in [0.25, 0.3) is 5.56 Å². The molecule has 0 aliphatic heterocycles. The number of benzene rings is 1. The number of fused-ring (bicyclic) bond motifs is 1. The van der Waals surface area contributed by atoms with E-state index in [1.807, 2.05) is 29.8 Å². The molecule has 0 atom stereocenters. The van der Waals surface area contributed by atoms with E-state index in [1.54, 1.807) is 6.07 Å². The second-order valence-corrected chi connectivity index (χ2v) is 4.33. The first kappa shape index (κ1) is 11.6. The lowest BCUT2D eigenvalue weighted by atomic mass is 10.2. The van der Waals surface area contributed by atoms with Gasteiger partial charge < -0.3 is 10.3 Å². The number of nitrogens with zero attached hydrogens (tertiary/aromatic N) is 3. The molecule has 0 saturated carbocycles. The number of rotatable bonds is 2. The Kier molecular flexibility index (Phi) is 2.64. The molecular formula is C13H13N5O. The third-order valence-electron chi connectivity index (χ3n) is 3.09. The number of aromatic amines is 1. The number of aromatic nitrogens is 4. The molecule has 6 nitrogen and oxygen atoms in total. The van der Waals surface area contributed by atoms with Crippen LogP contribution in [0.1, 0.15) is 5.56 Å². The fraction of sp³-hybridized carbons (Fsp3) is 0.154. The number of hydrogen-bond donors (Lipinski definition) is 2. The molecule has 3 rings (SSSR count). The fourth-order valence-corrected chi connectivity index (χ4v) is 2.06. The first-order valence-corrected chi connectivity index (χ1v) is 5.90. The van der Waals surface area contributed by atoms with Crippen LogP contribution in [-0.4, -0.2) is 19.7 Å². The highest BCUT2D eigenvalue weighted by atomic mass is 16.1. The second kappa shape index (κ2) is 4.33. The lowest BCUT2D eigenvalue weighted by molar-refractivity contribution is 0.919. The molecule has 1 aromatic carbocycles. The Morgan fingerprint density at radius 3 is 2.84 bits per heavy atom. The highest BCUT2D eigenvalue weighted by Crippen LogP contribution is 2.22. The van der Waals surface area contributed by atoms with E-state index in [4.69, 9.17) is 5.73 Å². The van der Waals surface area contributed by atoms with Gasteiger partial charge in [-0.1, -0.05) is 6.07 Å². The van der Waals surface area contributed by atoms with Crippen LogP contribution >= 0.6 is 0 Å². The van der Waals surface area contributed by atoms with Gasteiger partial charge in [-0.2, -0.15) is 5.10 Å². The fourth-order valence-electron chi connectivity index (χ4n) is 2.06. The van der Waals surface area contributed by atoms with Crippen LogP contribution in [0.5, 0.6) is 0 Å². The summed E-state index contributed by atoms with van der Waals surface area (Å²) in [6, 6.07) is 9.00. The van der Waals surface area contributed by atoms with Crippen molar-refractivity contribution in [3.05, 3.63) is 46.2 Å². The zero-order valence-corrected chi connectivity index (χ0v) is 10.4. The van der Waals surface area contributed by atoms with Crippen molar-refractivity contribution in [3.63, 3.8) is 0 Å². The zero-order chi connectivity index (χ0) is 13.4. The molecule has 2 heterocycles. The molecule has 0 unspecified atom stereocenters. The Morgan fingerprint density at radius 1 is 1.32 bits per heavy atom. The van der Waals surface area contributed by atoms with Gasteiger partial charge in [0.2, 0.25) is 0 Å². The molecular weight excluding hydrogens is 242 g/mol. The van der Waals surface area contributed by atoms with E-state index in [-0.39, 0.29) is 5.56 Å². The number of H-pyrrole nitrogens is 1. The largest absolute Gasteiger partial charge is 0.326 e. The minimum absolute atomic E-state index is 0.229. The number of nitrogens with two attached hydrogens (primary N) is 1. The highest BCUT2D eigenvalue weighted by Gasteiger charge is 2.11. The monoisotopic (exact) mass is 255 g/mol. The van der Waals surface area contributed by atoms with Gasteiger partial charge >= 0.3 is 0 Å². The standard InChI is InChI=1S/C13H13N5O/c1-18-11-6-8(7-14)2-3-9(11)15-13(18)10-4-5-12(19)17-16-10/h2-6H,7,14H2,1H3,(H,17,19). The van der Waals surface area contributed by atoms with Crippen molar-refractivity contribution in [2.45, 2.75) is 6.54 Å². The molecule has 0 radical (unpaired) electrons. The van der Waals surface area contributed by atoms with Gasteiger partial charge in [0.05, 0.1) is 11.0 Å². The van der Waals surface area contributed by atoms with Crippen molar-refractivity contribution in [2.24, 2.45) is 12.8 Å². The van der Waals surface area contributed by atoms with Crippen LogP contribution in [0.2, 0.25) is 0 Å². The van der Waals surface area contributed by atoms with E-state index in [0.717, 1.165) is 16.6 Å². The predicted octanol–water partition coefficient (Wildman–Crippen LogP) is 0.782. The lowest BCUT2D eigenvalue weighted by Crippen LogP contribution is -2.07. The van der Waals surface area contributed by atoms with Crippen molar-refractivity contribution in [2.75, 3.05) is 0 Å². The van der Waals surface area contributed by atoms with Gasteiger partial charge in [-0.05, 0) is 23.8 Å². The van der Waals surface area contributed by atoms with Crippen molar-refractivity contribution < 1.29 is 0 Å². The Labute approximate surface area is 108 Å². The summed E-state index contributed by atoms with van der Waals surface area (Å²) in [6.07, 6.45) is 0. The van der Waals surface area contributed by atoms with Gasteiger partial charge in [0, 0.05) is 19.7 Å². The second-order valence-electron chi connectivity index (χ2n) is 4.33. The van der Waals surface area contributed by atoms with Gasteiger partial charge in [0.15, 0.2) is 5.82 Å². The van der Waals surface area contributed by atoms with E-state index < -0.39 is 0 Å². The molecule has 6 heteroatoms. The van der Waals surface area contributed by atoms with Crippen LogP contribution in [-0.2, 0) is 13.6 Å². The summed E-state index contributed by atoms with van der Waals surface area (Å²) in [5, 5.41) is 6.42. The van der Waals surface area contributed by atoms with Crippen LogP contribution in [0.4, 0.5) is 0 Å². The quantitative estimate of drug-likeness (QED) is 0.708. The minimum Gasteiger partial charge on any atom is -0.326 e. The third-order valence-corrected chi connectivity index (χ3v) is 3.09. The Bertz CT molecular complexity index is 782. The van der Waals surface area contributed by atoms with Crippen molar-refractivity contribution in [1.82, 2.24) is 19.7 Å². The number of aryl methyl sites for hydroxylation is 1. The van der Waals surface area contributed by atoms with Crippen LogP contribution in [0.15, 0.2) is 35.1 Å². The minimum atomic E-state index is -0.229. The van der Waals surface area contributed by atoms with E-state index >= 15 is 0 Å². The summed E-state index contributed by atoms with van der Waals surface area (Å²) in [7, 11) is 1.91. The maximum Gasteiger partial charge on any atom is 0.264 e. The van der Waals surface area contributed by atoms with Gasteiger partial charge in [-0.25, -0.2) is 10.1 Å². The molecule has 2 aromatic heterocycles. The van der Waals surface area contributed by atoms with Gasteiger partial charge in [-0.15, -0.1) is 0 Å². The Morgan fingerprint density at radius 2 is 2.16 bits per heavy atom. The molecule has 96 valence electrons. The summed E-state index contributed by atoms with van der Waals surface area (Å²) < 4.78 is 1.94. The molecule has 19 heavy (non-hydrogen) atoms. The van der Waals surface area contributed by atoms with Crippen molar-refractivity contribution >= 4 is 11.0 Å². The number of hydrogen-bond acceptors (Lipinski definition) is 4. The van der Waals surface area contributed by atoms with Crippen LogP contribution in [0.3, 0.4) is 0 Å². The molecule has 0 aliphatic rings. The number of imidazole rings is 1. The highest BCUT2D eigenvalue weighted by molar-refractivity contribution is 5.80. The van der Waals surface area contributed by atoms with E-state index in [0.29, 0.717) is 18.1 Å². The van der Waals surface area contributed by atoms with Crippen LogP contribution in [0.25, 0.3) is 22.6 Å². The summed E-state index contributed by atoms with van der Waals surface area (Å²) >= 11 is 0. The zero-order valence-electron chi connectivity index (χ0n) is 10.4. The van der Waals surface area contributed by atoms with Gasteiger partial charge in [0.1, 0.15) is 5.69 Å². The summed E-state index contributed by atoms with van der Waals surface area (Å²) in [5.74, 6) is 0.709. The Balaban J connectivity index is 2.22. The molecule has 3 N–H and O–H groups in total. The molecule has 0 fully saturated rings. The maximum absolute atomic E-state index is 11.0. The van der Waals surface area contributed by atoms with E-state index in [1.165, 1.54) is 6.07 Å². The molecule has 0 amide bonds. The molecule has 0 bridgehead atoms. The lowest BCUT2D eigenvalue weighted by Gasteiger charge is -2.01. The predicted molar refractivity (Wildman–Crippen MR) is 72.5 cm³/mol. The summed E-state index contributed by atoms with van der Waals surface area (Å²) in [4.78, 5) is 15.6. The van der Waals surface area contributed by atoms with Crippen LogP contribution < -0.4 is 11.3 Å². The third kappa shape index (κ3) is 1.92. The first-order valence-electron chi connectivity index (χ1n) is 5.90. The molecule has 0 saturated heterocycles. The normalized spacial score (nSPS) is 11.1. The summed E-state index contributed by atoms with van der Waals surface area (Å²) in [5.41, 5.74) is 8.97. The Hall–Kier alpha value is -2.47. The number of nitrogens with one attached hydrogen (secondary N) is 1. The summed E-state index contributed by atoms with van der Waals surface area (Å²) in [6.45, 7) is 0.493. The maximum atomic E-state index is 11.0. The van der Waals surface area contributed by atoms with Crippen LogP contribution in [0, 0.1) is 0 Å².